The van der Waals surface area contributed by atoms with Crippen LogP contribution < -0.4 is 10.5 Å². The Hall–Kier alpha value is -0.210. The molecule has 7 heteroatoms. The van der Waals surface area contributed by atoms with E-state index in [9.17, 15) is 8.42 Å². The Kier molecular flexibility index (Phi) is 3.36. The molecule has 2 heterocycles. The number of piperidine rings is 1. The molecule has 4 atom stereocenters. The van der Waals surface area contributed by atoms with Crippen LogP contribution >= 0.6 is 0 Å². The average molecular weight is 275 g/mol. The van der Waals surface area contributed by atoms with E-state index in [1.165, 1.54) is 4.31 Å². The smallest absolute Gasteiger partial charge is 0.279 e. The summed E-state index contributed by atoms with van der Waals surface area (Å²) in [6, 6.07) is -0.346. The molecule has 1 aliphatic carbocycles. The zero-order chi connectivity index (χ0) is 12.8. The molecule has 1 saturated carbocycles. The first-order valence-corrected chi connectivity index (χ1v) is 8.18. The molecule has 0 amide bonds. The second-order valence-electron chi connectivity index (χ2n) is 5.47. The van der Waals surface area contributed by atoms with Crippen LogP contribution in [0, 0.1) is 5.92 Å². The topological polar surface area (TPSA) is 84.7 Å². The summed E-state index contributed by atoms with van der Waals surface area (Å²) in [5, 5.41) is 0. The van der Waals surface area contributed by atoms with Gasteiger partial charge in [-0.25, -0.2) is 0 Å². The third-order valence-corrected chi connectivity index (χ3v) is 6.00. The summed E-state index contributed by atoms with van der Waals surface area (Å²) < 4.78 is 34.3. The molecular formula is C11H21N3O3S. The van der Waals surface area contributed by atoms with E-state index in [4.69, 9.17) is 10.5 Å². The Balaban J connectivity index is 1.64. The number of nitrogens with one attached hydrogen (secondary N) is 1. The van der Waals surface area contributed by atoms with Gasteiger partial charge in [-0.3, -0.25) is 0 Å². The summed E-state index contributed by atoms with van der Waals surface area (Å²) in [6.45, 7) is 1.93. The van der Waals surface area contributed by atoms with Crippen LogP contribution in [-0.4, -0.2) is 50.6 Å². The summed E-state index contributed by atoms with van der Waals surface area (Å²) >= 11 is 0. The van der Waals surface area contributed by atoms with Gasteiger partial charge in [-0.15, -0.1) is 0 Å². The maximum absolute atomic E-state index is 12.2. The standard InChI is InChI=1S/C11H21N3O3S/c12-9-8-4-7-17-11(8)10(9)13-18(15,16)14-5-2-1-3-6-14/h8-11,13H,1-7,12H2. The number of fused-ring (bicyclic) bond motifs is 1. The van der Waals surface area contributed by atoms with Crippen LogP contribution in [0.2, 0.25) is 0 Å². The van der Waals surface area contributed by atoms with Crippen LogP contribution in [-0.2, 0) is 14.9 Å². The molecule has 3 N–H and O–H groups in total. The molecule has 6 nitrogen and oxygen atoms in total. The van der Waals surface area contributed by atoms with E-state index in [1.807, 2.05) is 0 Å². The maximum Gasteiger partial charge on any atom is 0.279 e. The molecular weight excluding hydrogens is 254 g/mol. The quantitative estimate of drug-likeness (QED) is 0.722. The Morgan fingerprint density at radius 1 is 1.22 bits per heavy atom. The van der Waals surface area contributed by atoms with E-state index < -0.39 is 10.2 Å². The molecule has 104 valence electrons. The molecule has 0 aromatic rings. The first kappa shape index (κ1) is 12.8. The Morgan fingerprint density at radius 3 is 2.67 bits per heavy atom. The molecule has 0 radical (unpaired) electrons. The minimum Gasteiger partial charge on any atom is -0.376 e. The van der Waals surface area contributed by atoms with Gasteiger partial charge in [0, 0.05) is 31.7 Å². The van der Waals surface area contributed by atoms with Crippen molar-refractivity contribution in [3.63, 3.8) is 0 Å². The lowest BCUT2D eigenvalue weighted by Crippen LogP contribution is -2.70. The van der Waals surface area contributed by atoms with Gasteiger partial charge in [0.05, 0.1) is 12.1 Å². The molecule has 3 aliphatic rings. The number of hydrogen-bond donors (Lipinski definition) is 2. The first-order chi connectivity index (χ1) is 8.59. The summed E-state index contributed by atoms with van der Waals surface area (Å²) in [4.78, 5) is 0. The molecule has 0 spiro atoms. The molecule has 0 bridgehead atoms. The summed E-state index contributed by atoms with van der Waals surface area (Å²) in [7, 11) is -3.39. The van der Waals surface area contributed by atoms with Gasteiger partial charge < -0.3 is 10.5 Å². The third kappa shape index (κ3) is 2.08. The van der Waals surface area contributed by atoms with Crippen molar-refractivity contribution in [2.45, 2.75) is 43.9 Å². The minimum absolute atomic E-state index is 0.0143. The molecule has 2 saturated heterocycles. The van der Waals surface area contributed by atoms with E-state index in [0.717, 1.165) is 25.7 Å². The highest BCUT2D eigenvalue weighted by Crippen LogP contribution is 2.38. The second-order valence-corrected chi connectivity index (χ2v) is 7.18. The van der Waals surface area contributed by atoms with Crippen molar-refractivity contribution in [1.29, 1.82) is 0 Å². The minimum atomic E-state index is -3.39. The van der Waals surface area contributed by atoms with E-state index >= 15 is 0 Å². The van der Waals surface area contributed by atoms with E-state index in [1.54, 1.807) is 0 Å². The van der Waals surface area contributed by atoms with Gasteiger partial charge in [0.25, 0.3) is 10.2 Å². The fourth-order valence-corrected chi connectivity index (χ4v) is 4.77. The highest BCUT2D eigenvalue weighted by Gasteiger charge is 2.53. The molecule has 18 heavy (non-hydrogen) atoms. The fourth-order valence-electron chi connectivity index (χ4n) is 3.25. The van der Waals surface area contributed by atoms with Crippen LogP contribution in [0.3, 0.4) is 0 Å². The average Bonchev–Trinajstić information content (AvgIpc) is 2.82. The summed E-state index contributed by atoms with van der Waals surface area (Å²) in [5.41, 5.74) is 6.02. The van der Waals surface area contributed by atoms with Crippen molar-refractivity contribution in [3.8, 4) is 0 Å². The molecule has 3 rings (SSSR count). The van der Waals surface area contributed by atoms with Crippen LogP contribution in [0.4, 0.5) is 0 Å². The number of nitrogens with zero attached hydrogens (tertiary/aromatic N) is 1. The van der Waals surface area contributed by atoms with Gasteiger partial charge in [0.2, 0.25) is 0 Å². The predicted octanol–water partition coefficient (Wildman–Crippen LogP) is -0.579. The molecule has 0 aromatic carbocycles. The number of hydrogen-bond acceptors (Lipinski definition) is 4. The lowest BCUT2D eigenvalue weighted by atomic mass is 9.73. The normalized spacial score (nSPS) is 41.4. The SMILES string of the molecule is NC1C2CCOC2C1NS(=O)(=O)N1CCCCC1. The Labute approximate surface area is 108 Å². The van der Waals surface area contributed by atoms with Gasteiger partial charge >= 0.3 is 0 Å². The van der Waals surface area contributed by atoms with Crippen LogP contribution in [0.5, 0.6) is 0 Å². The lowest BCUT2D eigenvalue weighted by molar-refractivity contribution is -0.00987. The maximum atomic E-state index is 12.2. The highest BCUT2D eigenvalue weighted by molar-refractivity contribution is 7.87. The largest absolute Gasteiger partial charge is 0.376 e. The van der Waals surface area contributed by atoms with Gasteiger partial charge in [-0.1, -0.05) is 6.42 Å². The molecule has 0 aromatic heterocycles. The number of ether oxygens (including phenoxy) is 1. The monoisotopic (exact) mass is 275 g/mol. The number of nitrogens with two attached hydrogens (primary N) is 1. The molecule has 4 unspecified atom stereocenters. The van der Waals surface area contributed by atoms with Crippen LogP contribution in [0.1, 0.15) is 25.7 Å². The number of rotatable bonds is 3. The van der Waals surface area contributed by atoms with E-state index in [0.29, 0.717) is 25.6 Å². The zero-order valence-electron chi connectivity index (χ0n) is 10.4. The summed E-state index contributed by atoms with van der Waals surface area (Å²) in [6.07, 6.45) is 3.94. The van der Waals surface area contributed by atoms with Crippen molar-refractivity contribution in [1.82, 2.24) is 9.03 Å². The van der Waals surface area contributed by atoms with Gasteiger partial charge in [0.1, 0.15) is 0 Å². The highest BCUT2D eigenvalue weighted by atomic mass is 32.2. The van der Waals surface area contributed by atoms with Crippen molar-refractivity contribution >= 4 is 10.2 Å². The van der Waals surface area contributed by atoms with Crippen molar-refractivity contribution < 1.29 is 13.2 Å². The van der Waals surface area contributed by atoms with Gasteiger partial charge in [-0.2, -0.15) is 17.4 Å². The zero-order valence-corrected chi connectivity index (χ0v) is 11.2. The molecule has 3 fully saturated rings. The summed E-state index contributed by atoms with van der Waals surface area (Å²) in [5.74, 6) is 0.332. The van der Waals surface area contributed by atoms with Crippen LogP contribution in [0.15, 0.2) is 0 Å². The molecule has 2 aliphatic heterocycles. The fraction of sp³-hybridized carbons (Fsp3) is 1.00. The second kappa shape index (κ2) is 4.72. The Morgan fingerprint density at radius 2 is 1.94 bits per heavy atom. The van der Waals surface area contributed by atoms with Gasteiger partial charge in [-0.05, 0) is 19.3 Å². The van der Waals surface area contributed by atoms with Gasteiger partial charge in [0.15, 0.2) is 0 Å². The van der Waals surface area contributed by atoms with E-state index in [2.05, 4.69) is 4.72 Å². The first-order valence-electron chi connectivity index (χ1n) is 6.74. The third-order valence-electron chi connectivity index (χ3n) is 4.39. The lowest BCUT2D eigenvalue weighted by Gasteiger charge is -2.46. The van der Waals surface area contributed by atoms with Crippen molar-refractivity contribution in [3.05, 3.63) is 0 Å². The van der Waals surface area contributed by atoms with Crippen molar-refractivity contribution in [2.75, 3.05) is 19.7 Å². The van der Waals surface area contributed by atoms with E-state index in [-0.39, 0.29) is 18.2 Å². The predicted molar refractivity (Wildman–Crippen MR) is 67.1 cm³/mol. The van der Waals surface area contributed by atoms with Crippen LogP contribution in [0.25, 0.3) is 0 Å². The Bertz CT molecular complexity index is 408. The van der Waals surface area contributed by atoms with Crippen molar-refractivity contribution in [2.24, 2.45) is 11.7 Å².